The van der Waals surface area contributed by atoms with Gasteiger partial charge in [0.25, 0.3) is 0 Å². The van der Waals surface area contributed by atoms with Gasteiger partial charge in [0.2, 0.25) is 0 Å². The van der Waals surface area contributed by atoms with E-state index < -0.39 is 0 Å². The number of rotatable bonds is 5. The number of nitrogens with one attached hydrogen (secondary N) is 1. The van der Waals surface area contributed by atoms with Crippen molar-refractivity contribution in [1.29, 1.82) is 0 Å². The Morgan fingerprint density at radius 1 is 0.976 bits per heavy atom. The number of carbonyl (C=O) groups excluding carboxylic acids is 1. The maximum absolute atomic E-state index is 12.2. The summed E-state index contributed by atoms with van der Waals surface area (Å²) >= 11 is 3.50. The number of halogens is 1. The van der Waals surface area contributed by atoms with E-state index in [1.807, 2.05) is 90.5 Å². The van der Waals surface area contributed by atoms with Gasteiger partial charge >= 0.3 is 5.97 Å². The van der Waals surface area contributed by atoms with E-state index in [-0.39, 0.29) is 12.0 Å². The van der Waals surface area contributed by atoms with Crippen LogP contribution in [0.2, 0.25) is 0 Å². The second-order valence-electron chi connectivity index (χ2n) is 9.79. The van der Waals surface area contributed by atoms with E-state index in [0.29, 0.717) is 34.3 Å². The molecule has 10 heteroatoms. The van der Waals surface area contributed by atoms with E-state index in [1.54, 1.807) is 19.1 Å². The lowest BCUT2D eigenvalue weighted by molar-refractivity contribution is 0.0526. The molecule has 2 aliphatic rings. The first-order valence-electron chi connectivity index (χ1n) is 13.5. The van der Waals surface area contributed by atoms with E-state index in [2.05, 4.69) is 26.1 Å². The number of nitrogens with zero attached hydrogens (tertiary/aromatic N) is 5. The fourth-order valence-electron chi connectivity index (χ4n) is 5.33. The number of hydrogen-bond donors (Lipinski definition) is 1. The van der Waals surface area contributed by atoms with Gasteiger partial charge < -0.3 is 19.4 Å². The third-order valence-corrected chi connectivity index (χ3v) is 7.59. The molecule has 3 aromatic carbocycles. The van der Waals surface area contributed by atoms with Crippen LogP contribution in [0.25, 0.3) is 5.69 Å². The quantitative estimate of drug-likeness (QED) is 0.204. The van der Waals surface area contributed by atoms with Gasteiger partial charge in [-0.3, -0.25) is 0 Å². The van der Waals surface area contributed by atoms with Crippen LogP contribution in [0, 0.1) is 6.92 Å². The fraction of sp³-hybridized carbons (Fsp3) is 0.125. The standard InChI is InChI=1S/C32H25BrN6O3/c1-3-41-32(40)20-13-15-21(16-14-20)34-29-31-36-30-27(19(2)37-39(30)22-9-5-4-6-10-22)28(25-17-18-26(33)42-25)38(31)24-12-8-7-11-23(24)35-29/h4-18,28H,3H2,1-2H3,(H,34,35)/t28-/m1/s1. The number of aliphatic imine (C=N–C) groups is 2. The Labute approximate surface area is 250 Å². The molecule has 2 aromatic heterocycles. The number of furan rings is 1. The average Bonchev–Trinajstić information content (AvgIpc) is 3.59. The van der Waals surface area contributed by atoms with Crippen LogP contribution in [0.1, 0.15) is 40.3 Å². The number of esters is 1. The van der Waals surface area contributed by atoms with Gasteiger partial charge in [-0.2, -0.15) is 5.10 Å². The van der Waals surface area contributed by atoms with Gasteiger partial charge in [0, 0.05) is 5.69 Å². The van der Waals surface area contributed by atoms with Crippen LogP contribution >= 0.6 is 15.9 Å². The van der Waals surface area contributed by atoms with Crippen molar-refractivity contribution in [2.75, 3.05) is 16.8 Å². The second-order valence-corrected chi connectivity index (χ2v) is 10.6. The van der Waals surface area contributed by atoms with Crippen LogP contribution in [-0.2, 0) is 4.74 Å². The first kappa shape index (κ1) is 26.0. The molecule has 4 heterocycles. The molecule has 1 atom stereocenters. The molecule has 0 fully saturated rings. The molecule has 0 saturated carbocycles. The summed E-state index contributed by atoms with van der Waals surface area (Å²) in [6.45, 7) is 4.10. The zero-order chi connectivity index (χ0) is 28.8. The lowest BCUT2D eigenvalue weighted by atomic mass is 9.98. The van der Waals surface area contributed by atoms with Crippen molar-refractivity contribution in [2.24, 2.45) is 9.98 Å². The molecule has 0 aliphatic carbocycles. The van der Waals surface area contributed by atoms with E-state index in [9.17, 15) is 4.79 Å². The van der Waals surface area contributed by atoms with Crippen molar-refractivity contribution in [3.63, 3.8) is 0 Å². The Hall–Kier alpha value is -4.96. The largest absolute Gasteiger partial charge is 0.462 e. The maximum atomic E-state index is 12.2. The Morgan fingerprint density at radius 3 is 2.48 bits per heavy atom. The highest BCUT2D eigenvalue weighted by atomic mass is 79.9. The highest BCUT2D eigenvalue weighted by Crippen LogP contribution is 2.48. The molecule has 2 aliphatic heterocycles. The summed E-state index contributed by atoms with van der Waals surface area (Å²) in [6, 6.07) is 28.5. The van der Waals surface area contributed by atoms with E-state index in [4.69, 9.17) is 24.2 Å². The number of anilines is 2. The summed E-state index contributed by atoms with van der Waals surface area (Å²) in [7, 11) is 0. The molecular formula is C32H25BrN6O3. The summed E-state index contributed by atoms with van der Waals surface area (Å²) < 4.78 is 13.8. The minimum atomic E-state index is -0.365. The summed E-state index contributed by atoms with van der Waals surface area (Å²) in [5.41, 5.74) is 5.60. The van der Waals surface area contributed by atoms with Gasteiger partial charge in [0.05, 0.1) is 40.5 Å². The van der Waals surface area contributed by atoms with Crippen LogP contribution in [0.15, 0.2) is 110 Å². The zero-order valence-corrected chi connectivity index (χ0v) is 24.4. The van der Waals surface area contributed by atoms with Crippen LogP contribution in [0.3, 0.4) is 0 Å². The number of aromatic nitrogens is 2. The fourth-order valence-corrected chi connectivity index (χ4v) is 5.65. The molecule has 7 rings (SSSR count). The van der Waals surface area contributed by atoms with Crippen molar-refractivity contribution in [2.45, 2.75) is 19.9 Å². The van der Waals surface area contributed by atoms with Gasteiger partial charge in [-0.1, -0.05) is 30.3 Å². The predicted molar refractivity (Wildman–Crippen MR) is 166 cm³/mol. The van der Waals surface area contributed by atoms with Gasteiger partial charge in [-0.15, -0.1) is 0 Å². The van der Waals surface area contributed by atoms with Crippen molar-refractivity contribution >= 4 is 56.5 Å². The van der Waals surface area contributed by atoms with Crippen molar-refractivity contribution < 1.29 is 13.9 Å². The minimum Gasteiger partial charge on any atom is -0.462 e. The lowest BCUT2D eigenvalue weighted by Gasteiger charge is -2.39. The molecule has 9 nitrogen and oxygen atoms in total. The van der Waals surface area contributed by atoms with Crippen molar-refractivity contribution in [3.05, 3.63) is 118 Å². The highest BCUT2D eigenvalue weighted by molar-refractivity contribution is 9.10. The number of para-hydroxylation sites is 3. The van der Waals surface area contributed by atoms with Crippen LogP contribution in [0.4, 0.5) is 22.9 Å². The molecule has 0 saturated heterocycles. The van der Waals surface area contributed by atoms with Crippen LogP contribution in [0.5, 0.6) is 0 Å². The van der Waals surface area contributed by atoms with Crippen LogP contribution in [-0.4, -0.2) is 34.0 Å². The number of hydrogen-bond acceptors (Lipinski definition) is 8. The number of amidine groups is 2. The van der Waals surface area contributed by atoms with E-state index >= 15 is 0 Å². The topological polar surface area (TPSA) is 97.2 Å². The average molecular weight is 621 g/mol. The Kier molecular flexibility index (Phi) is 6.47. The predicted octanol–water partition coefficient (Wildman–Crippen LogP) is 7.51. The van der Waals surface area contributed by atoms with Gasteiger partial charge in [-0.25, -0.2) is 19.5 Å². The minimum absolute atomic E-state index is 0.319. The van der Waals surface area contributed by atoms with E-state index in [0.717, 1.165) is 39.8 Å². The SMILES string of the molecule is CCOC(=O)c1ccc(NC2=Nc3ccccc3N3C2=Nc2c(c(C)nn2-c2ccccc2)[C@H]3c2ccc(Br)o2)cc1. The summed E-state index contributed by atoms with van der Waals surface area (Å²) in [5, 5.41) is 8.38. The van der Waals surface area contributed by atoms with Gasteiger partial charge in [0.1, 0.15) is 11.8 Å². The maximum Gasteiger partial charge on any atom is 0.338 e. The molecule has 5 aromatic rings. The summed E-state index contributed by atoms with van der Waals surface area (Å²) in [6.07, 6.45) is 0. The van der Waals surface area contributed by atoms with Gasteiger partial charge in [-0.05, 0) is 90.4 Å². The third kappa shape index (κ3) is 4.40. The molecule has 42 heavy (non-hydrogen) atoms. The summed E-state index contributed by atoms with van der Waals surface area (Å²) in [4.78, 5) is 24.6. The second kappa shape index (κ2) is 10.5. The Bertz CT molecular complexity index is 1870. The monoisotopic (exact) mass is 620 g/mol. The molecular weight excluding hydrogens is 596 g/mol. The molecule has 208 valence electrons. The molecule has 0 amide bonds. The number of aryl methyl sites for hydroxylation is 1. The lowest BCUT2D eigenvalue weighted by Crippen LogP contribution is -2.46. The molecule has 0 spiro atoms. The summed E-state index contributed by atoms with van der Waals surface area (Å²) in [5.74, 6) is 2.25. The third-order valence-electron chi connectivity index (χ3n) is 7.16. The number of ether oxygens (including phenoxy) is 1. The highest BCUT2D eigenvalue weighted by Gasteiger charge is 2.42. The first-order valence-corrected chi connectivity index (χ1v) is 14.3. The number of benzene rings is 3. The van der Waals surface area contributed by atoms with Crippen LogP contribution < -0.4 is 10.2 Å². The van der Waals surface area contributed by atoms with Crippen molar-refractivity contribution in [1.82, 2.24) is 9.78 Å². The smallest absolute Gasteiger partial charge is 0.338 e. The van der Waals surface area contributed by atoms with Crippen molar-refractivity contribution in [3.8, 4) is 5.69 Å². The first-order chi connectivity index (χ1) is 20.5. The normalized spacial score (nSPS) is 15.2. The number of fused-ring (bicyclic) bond motifs is 4. The van der Waals surface area contributed by atoms with E-state index in [1.165, 1.54) is 0 Å². The molecule has 1 N–H and O–H groups in total. The van der Waals surface area contributed by atoms with Gasteiger partial charge in [0.15, 0.2) is 22.2 Å². The molecule has 0 radical (unpaired) electrons. The Balaban J connectivity index is 1.41. The Morgan fingerprint density at radius 2 is 1.74 bits per heavy atom. The molecule has 0 bridgehead atoms. The zero-order valence-electron chi connectivity index (χ0n) is 22.8. The molecule has 0 unspecified atom stereocenters. The number of carbonyl (C=O) groups is 1.